The number of hydrogen-bond donors (Lipinski definition) is 2. The number of hydrogen-bond acceptors (Lipinski definition) is 4. The summed E-state index contributed by atoms with van der Waals surface area (Å²) in [6.07, 6.45) is 5.14. The van der Waals surface area contributed by atoms with E-state index in [-0.39, 0.29) is 23.2 Å². The van der Waals surface area contributed by atoms with Crippen LogP contribution in [0.2, 0.25) is 0 Å². The van der Waals surface area contributed by atoms with Crippen LogP contribution in [0.3, 0.4) is 0 Å². The number of phenolic OH excluding ortho intramolecular Hbond substituents is 2. The highest BCUT2D eigenvalue weighted by atomic mass is 16.5. The number of carbonyl (C=O) groups is 1. The molecule has 0 aromatic heterocycles. The third-order valence-corrected chi connectivity index (χ3v) is 2.96. The van der Waals surface area contributed by atoms with E-state index in [1.165, 1.54) is 24.6 Å². The zero-order valence-electron chi connectivity index (χ0n) is 9.56. The number of esters is 1. The largest absolute Gasteiger partial charge is 0.508 e. The lowest BCUT2D eigenvalue weighted by Gasteiger charge is -2.21. The first kappa shape index (κ1) is 11.8. The minimum Gasteiger partial charge on any atom is -0.508 e. The molecule has 0 atom stereocenters. The normalized spacial score (nSPS) is 16.7. The van der Waals surface area contributed by atoms with Crippen molar-refractivity contribution in [2.75, 3.05) is 0 Å². The van der Waals surface area contributed by atoms with Crippen molar-refractivity contribution in [1.29, 1.82) is 0 Å². The zero-order chi connectivity index (χ0) is 12.3. The van der Waals surface area contributed by atoms with Crippen molar-refractivity contribution in [1.82, 2.24) is 0 Å². The quantitative estimate of drug-likeness (QED) is 0.774. The molecule has 0 amide bonds. The molecule has 0 radical (unpaired) electrons. The van der Waals surface area contributed by atoms with E-state index in [0.717, 1.165) is 25.7 Å². The van der Waals surface area contributed by atoms with Crippen LogP contribution in [0.5, 0.6) is 11.5 Å². The Bertz CT molecular complexity index is 388. The molecule has 92 valence electrons. The molecule has 4 heteroatoms. The van der Waals surface area contributed by atoms with Crippen LogP contribution in [0.25, 0.3) is 0 Å². The summed E-state index contributed by atoms with van der Waals surface area (Å²) in [5.41, 5.74) is 0.188. The summed E-state index contributed by atoms with van der Waals surface area (Å²) in [6, 6.07) is 3.77. The number of rotatable bonds is 2. The van der Waals surface area contributed by atoms with Gasteiger partial charge in [-0.05, 0) is 37.8 Å². The molecule has 1 fully saturated rings. The molecule has 2 N–H and O–H groups in total. The van der Waals surface area contributed by atoms with Gasteiger partial charge >= 0.3 is 5.97 Å². The van der Waals surface area contributed by atoms with E-state index >= 15 is 0 Å². The number of ether oxygens (including phenoxy) is 1. The average molecular weight is 236 g/mol. The third kappa shape index (κ3) is 3.12. The smallest absolute Gasteiger partial charge is 0.338 e. The zero-order valence-corrected chi connectivity index (χ0v) is 9.56. The molecule has 0 spiro atoms. The molecule has 0 unspecified atom stereocenters. The van der Waals surface area contributed by atoms with Gasteiger partial charge in [-0.15, -0.1) is 0 Å². The first-order chi connectivity index (χ1) is 8.15. The number of benzene rings is 1. The Hall–Kier alpha value is -1.71. The van der Waals surface area contributed by atoms with Crippen molar-refractivity contribution >= 4 is 5.97 Å². The predicted molar refractivity (Wildman–Crippen MR) is 62.1 cm³/mol. The van der Waals surface area contributed by atoms with Gasteiger partial charge in [-0.2, -0.15) is 0 Å². The van der Waals surface area contributed by atoms with Gasteiger partial charge in [-0.25, -0.2) is 4.79 Å². The van der Waals surface area contributed by atoms with Crippen molar-refractivity contribution in [3.8, 4) is 11.5 Å². The third-order valence-electron chi connectivity index (χ3n) is 2.96. The van der Waals surface area contributed by atoms with Crippen molar-refractivity contribution in [2.45, 2.75) is 38.2 Å². The lowest BCUT2D eigenvalue weighted by atomic mass is 9.98. The highest BCUT2D eigenvalue weighted by Crippen LogP contribution is 2.24. The molecule has 0 bridgehead atoms. The fourth-order valence-corrected chi connectivity index (χ4v) is 2.12. The Balaban J connectivity index is 2.03. The average Bonchev–Trinajstić information content (AvgIpc) is 2.29. The van der Waals surface area contributed by atoms with E-state index in [9.17, 15) is 15.0 Å². The first-order valence-corrected chi connectivity index (χ1v) is 5.89. The lowest BCUT2D eigenvalue weighted by molar-refractivity contribution is 0.0210. The molecule has 0 aliphatic heterocycles. The van der Waals surface area contributed by atoms with Gasteiger partial charge in [0.05, 0.1) is 5.56 Å². The molecule has 1 saturated carbocycles. The van der Waals surface area contributed by atoms with Gasteiger partial charge in [0, 0.05) is 6.07 Å². The van der Waals surface area contributed by atoms with Gasteiger partial charge in [0.15, 0.2) is 0 Å². The number of aromatic hydroxyl groups is 2. The second-order valence-electron chi connectivity index (χ2n) is 4.40. The molecule has 1 aliphatic carbocycles. The molecular weight excluding hydrogens is 220 g/mol. The van der Waals surface area contributed by atoms with Crippen molar-refractivity contribution in [2.24, 2.45) is 0 Å². The number of phenols is 2. The van der Waals surface area contributed by atoms with E-state index in [0.29, 0.717) is 0 Å². The maximum absolute atomic E-state index is 11.8. The van der Waals surface area contributed by atoms with Crippen LogP contribution in [-0.4, -0.2) is 22.3 Å². The lowest BCUT2D eigenvalue weighted by Crippen LogP contribution is -2.20. The van der Waals surface area contributed by atoms with Crippen LogP contribution in [0.1, 0.15) is 42.5 Å². The van der Waals surface area contributed by atoms with E-state index in [4.69, 9.17) is 4.74 Å². The van der Waals surface area contributed by atoms with Gasteiger partial charge in [-0.1, -0.05) is 6.42 Å². The van der Waals surface area contributed by atoms with Gasteiger partial charge in [0.2, 0.25) is 0 Å². The second kappa shape index (κ2) is 5.08. The summed E-state index contributed by atoms with van der Waals surface area (Å²) < 4.78 is 5.33. The van der Waals surface area contributed by atoms with Crippen molar-refractivity contribution < 1.29 is 19.7 Å². The predicted octanol–water partition coefficient (Wildman–Crippen LogP) is 2.59. The van der Waals surface area contributed by atoms with Gasteiger partial charge in [0.25, 0.3) is 0 Å². The Kier molecular flexibility index (Phi) is 3.52. The topological polar surface area (TPSA) is 66.8 Å². The van der Waals surface area contributed by atoms with E-state index < -0.39 is 5.97 Å². The fourth-order valence-electron chi connectivity index (χ4n) is 2.12. The highest BCUT2D eigenvalue weighted by Gasteiger charge is 2.19. The molecule has 2 rings (SSSR count). The van der Waals surface area contributed by atoms with Crippen LogP contribution in [0, 0.1) is 0 Å². The molecule has 17 heavy (non-hydrogen) atoms. The summed E-state index contributed by atoms with van der Waals surface area (Å²) in [6.45, 7) is 0. The first-order valence-electron chi connectivity index (χ1n) is 5.89. The van der Waals surface area contributed by atoms with Crippen LogP contribution in [0.4, 0.5) is 0 Å². The summed E-state index contributed by atoms with van der Waals surface area (Å²) in [4.78, 5) is 11.8. The fraction of sp³-hybridized carbons (Fsp3) is 0.462. The monoisotopic (exact) mass is 236 g/mol. The van der Waals surface area contributed by atoms with Crippen LogP contribution < -0.4 is 0 Å². The summed E-state index contributed by atoms with van der Waals surface area (Å²) >= 11 is 0. The standard InChI is InChI=1S/C13H16O4/c14-10-6-9(7-11(15)8-10)13(16)17-12-4-2-1-3-5-12/h6-8,12,14-15H,1-5H2. The molecule has 1 aromatic carbocycles. The van der Waals surface area contributed by atoms with Crippen LogP contribution in [-0.2, 0) is 4.74 Å². The van der Waals surface area contributed by atoms with E-state index in [2.05, 4.69) is 0 Å². The molecule has 1 aliphatic rings. The van der Waals surface area contributed by atoms with Gasteiger partial charge in [-0.3, -0.25) is 0 Å². The molecular formula is C13H16O4. The van der Waals surface area contributed by atoms with Crippen LogP contribution in [0.15, 0.2) is 18.2 Å². The Morgan fingerprint density at radius 3 is 2.24 bits per heavy atom. The second-order valence-corrected chi connectivity index (χ2v) is 4.40. The van der Waals surface area contributed by atoms with E-state index in [1.807, 2.05) is 0 Å². The number of carbonyl (C=O) groups excluding carboxylic acids is 1. The van der Waals surface area contributed by atoms with Crippen molar-refractivity contribution in [3.63, 3.8) is 0 Å². The molecule has 1 aromatic rings. The SMILES string of the molecule is O=C(OC1CCCCC1)c1cc(O)cc(O)c1. The van der Waals surface area contributed by atoms with Gasteiger partial charge < -0.3 is 14.9 Å². The summed E-state index contributed by atoms with van der Waals surface area (Å²) in [7, 11) is 0. The minimum absolute atomic E-state index is 0.0271. The molecule has 0 saturated heterocycles. The summed E-state index contributed by atoms with van der Waals surface area (Å²) in [5.74, 6) is -0.760. The highest BCUT2D eigenvalue weighted by molar-refractivity contribution is 5.90. The molecule has 4 nitrogen and oxygen atoms in total. The maximum atomic E-state index is 11.8. The van der Waals surface area contributed by atoms with Gasteiger partial charge in [0.1, 0.15) is 17.6 Å². The Morgan fingerprint density at radius 2 is 1.65 bits per heavy atom. The van der Waals surface area contributed by atoms with Crippen LogP contribution >= 0.6 is 0 Å². The van der Waals surface area contributed by atoms with E-state index in [1.54, 1.807) is 0 Å². The maximum Gasteiger partial charge on any atom is 0.338 e. The Morgan fingerprint density at radius 1 is 1.06 bits per heavy atom. The molecule has 0 heterocycles. The van der Waals surface area contributed by atoms with Crippen molar-refractivity contribution in [3.05, 3.63) is 23.8 Å². The Labute approximate surface area is 99.8 Å². The minimum atomic E-state index is -0.483. The summed E-state index contributed by atoms with van der Waals surface area (Å²) in [5, 5.41) is 18.6.